The first-order chi connectivity index (χ1) is 11.1. The molecular formula is C13H11F3N4O4. The highest BCUT2D eigenvalue weighted by Gasteiger charge is 2.31. The molecule has 0 saturated heterocycles. The van der Waals surface area contributed by atoms with Crippen LogP contribution in [0.5, 0.6) is 0 Å². The van der Waals surface area contributed by atoms with Crippen LogP contribution in [0.1, 0.15) is 5.56 Å². The maximum atomic E-state index is 12.6. The van der Waals surface area contributed by atoms with E-state index in [1.54, 1.807) is 0 Å². The smallest absolute Gasteiger partial charge is 0.327 e. The van der Waals surface area contributed by atoms with Crippen molar-refractivity contribution in [3.05, 3.63) is 61.3 Å². The maximum Gasteiger partial charge on any atom is 0.417 e. The predicted molar refractivity (Wildman–Crippen MR) is 76.6 cm³/mol. The number of alkyl halides is 3. The van der Waals surface area contributed by atoms with Gasteiger partial charge in [-0.3, -0.25) is 23.5 Å². The largest absolute Gasteiger partial charge is 0.417 e. The van der Waals surface area contributed by atoms with Crippen LogP contribution in [0.25, 0.3) is 0 Å². The van der Waals surface area contributed by atoms with Crippen molar-refractivity contribution in [2.75, 3.05) is 5.32 Å². The molecule has 0 radical (unpaired) electrons. The number of pyridine rings is 1. The molecule has 0 aromatic carbocycles. The molecule has 0 aliphatic carbocycles. The Hall–Kier alpha value is -3.11. The first kappa shape index (κ1) is 17.2. The van der Waals surface area contributed by atoms with Gasteiger partial charge in [-0.1, -0.05) is 0 Å². The van der Waals surface area contributed by atoms with Crippen LogP contribution in [-0.4, -0.2) is 20.0 Å². The Labute approximate surface area is 131 Å². The van der Waals surface area contributed by atoms with E-state index in [1.807, 2.05) is 10.3 Å². The van der Waals surface area contributed by atoms with E-state index in [0.717, 1.165) is 21.4 Å². The standard InChI is InChI=1S/C13H11F3N4O4/c1-19-10(22)2-3-20(12(19)24)6-9(21)18-8-4-7(13(14,15)16)5-17-11(8)23/h2-5H,6H2,1H3,(H,17,23)(H,18,21). The number of carbonyl (C=O) groups excluding carboxylic acids is 1. The van der Waals surface area contributed by atoms with Crippen molar-refractivity contribution in [3.63, 3.8) is 0 Å². The summed E-state index contributed by atoms with van der Waals surface area (Å²) in [5.41, 5.74) is -4.03. The maximum absolute atomic E-state index is 12.6. The fraction of sp³-hybridized carbons (Fsp3) is 0.231. The van der Waals surface area contributed by atoms with E-state index in [9.17, 15) is 32.3 Å². The predicted octanol–water partition coefficient (Wildman–Crippen LogP) is -0.107. The highest BCUT2D eigenvalue weighted by atomic mass is 19.4. The van der Waals surface area contributed by atoms with Crippen molar-refractivity contribution in [3.8, 4) is 0 Å². The van der Waals surface area contributed by atoms with Gasteiger partial charge in [0.1, 0.15) is 12.2 Å². The van der Waals surface area contributed by atoms with E-state index >= 15 is 0 Å². The van der Waals surface area contributed by atoms with Gasteiger partial charge >= 0.3 is 11.9 Å². The zero-order valence-electron chi connectivity index (χ0n) is 12.2. The Morgan fingerprint density at radius 1 is 1.29 bits per heavy atom. The third-order valence-corrected chi connectivity index (χ3v) is 3.08. The van der Waals surface area contributed by atoms with Gasteiger partial charge in [0.05, 0.1) is 5.56 Å². The summed E-state index contributed by atoms with van der Waals surface area (Å²) in [7, 11) is 1.20. The summed E-state index contributed by atoms with van der Waals surface area (Å²) in [6.45, 7) is -0.581. The monoisotopic (exact) mass is 344 g/mol. The minimum absolute atomic E-state index is 0.482. The van der Waals surface area contributed by atoms with Crippen molar-refractivity contribution in [2.24, 2.45) is 7.05 Å². The number of rotatable bonds is 3. The number of carbonyl (C=O) groups is 1. The average Bonchev–Trinajstić information content (AvgIpc) is 2.49. The second kappa shape index (κ2) is 6.18. The molecular weight excluding hydrogens is 333 g/mol. The zero-order chi connectivity index (χ0) is 18.1. The summed E-state index contributed by atoms with van der Waals surface area (Å²) in [6.07, 6.45) is -3.14. The molecule has 0 spiro atoms. The molecule has 1 amide bonds. The molecule has 0 saturated carbocycles. The number of halogens is 3. The van der Waals surface area contributed by atoms with Gasteiger partial charge in [-0.2, -0.15) is 13.2 Å². The highest BCUT2D eigenvalue weighted by Crippen LogP contribution is 2.29. The second-order valence-electron chi connectivity index (χ2n) is 4.80. The third-order valence-electron chi connectivity index (χ3n) is 3.08. The Kier molecular flexibility index (Phi) is 4.44. The van der Waals surface area contributed by atoms with Gasteiger partial charge in [-0.15, -0.1) is 0 Å². The molecule has 0 aliphatic rings. The molecule has 2 rings (SSSR count). The second-order valence-corrected chi connectivity index (χ2v) is 4.80. The van der Waals surface area contributed by atoms with Crippen LogP contribution in [0.15, 0.2) is 38.9 Å². The molecule has 128 valence electrons. The molecule has 2 aromatic rings. The normalized spacial score (nSPS) is 11.3. The number of aromatic amines is 1. The number of amides is 1. The van der Waals surface area contributed by atoms with Gasteiger partial charge in [-0.25, -0.2) is 4.79 Å². The summed E-state index contributed by atoms with van der Waals surface area (Å²) < 4.78 is 39.4. The fourth-order valence-electron chi connectivity index (χ4n) is 1.82. The zero-order valence-corrected chi connectivity index (χ0v) is 12.2. The van der Waals surface area contributed by atoms with Crippen molar-refractivity contribution < 1.29 is 18.0 Å². The lowest BCUT2D eigenvalue weighted by Crippen LogP contribution is -2.39. The lowest BCUT2D eigenvalue weighted by Gasteiger charge is -2.10. The molecule has 0 aliphatic heterocycles. The van der Waals surface area contributed by atoms with E-state index in [4.69, 9.17) is 0 Å². The fourth-order valence-corrected chi connectivity index (χ4v) is 1.82. The lowest BCUT2D eigenvalue weighted by molar-refractivity contribution is -0.137. The van der Waals surface area contributed by atoms with Gasteiger partial charge in [0.25, 0.3) is 11.1 Å². The summed E-state index contributed by atoms with van der Waals surface area (Å²) in [6, 6.07) is 1.53. The quantitative estimate of drug-likeness (QED) is 0.810. The Morgan fingerprint density at radius 3 is 2.58 bits per heavy atom. The topological polar surface area (TPSA) is 106 Å². The summed E-state index contributed by atoms with van der Waals surface area (Å²) >= 11 is 0. The number of H-pyrrole nitrogens is 1. The summed E-state index contributed by atoms with van der Waals surface area (Å²) in [4.78, 5) is 48.2. The number of nitrogens with one attached hydrogen (secondary N) is 2. The summed E-state index contributed by atoms with van der Waals surface area (Å²) in [5.74, 6) is -0.902. The van der Waals surface area contributed by atoms with Crippen LogP contribution in [0.3, 0.4) is 0 Å². The van der Waals surface area contributed by atoms with Crippen LogP contribution >= 0.6 is 0 Å². The number of anilines is 1. The van der Waals surface area contributed by atoms with Crippen molar-refractivity contribution in [1.82, 2.24) is 14.1 Å². The minimum atomic E-state index is -4.70. The summed E-state index contributed by atoms with van der Waals surface area (Å²) in [5, 5.41) is 2.00. The molecule has 0 unspecified atom stereocenters. The Bertz CT molecular complexity index is 955. The van der Waals surface area contributed by atoms with E-state index < -0.39 is 46.7 Å². The van der Waals surface area contributed by atoms with Crippen LogP contribution in [0.2, 0.25) is 0 Å². The van der Waals surface area contributed by atoms with E-state index in [2.05, 4.69) is 0 Å². The highest BCUT2D eigenvalue weighted by molar-refractivity contribution is 5.90. The molecule has 2 heterocycles. The molecule has 0 fully saturated rings. The number of hydrogen-bond acceptors (Lipinski definition) is 4. The van der Waals surface area contributed by atoms with Crippen molar-refractivity contribution in [2.45, 2.75) is 12.7 Å². The minimum Gasteiger partial charge on any atom is -0.327 e. The first-order valence-electron chi connectivity index (χ1n) is 6.46. The molecule has 8 nitrogen and oxygen atoms in total. The van der Waals surface area contributed by atoms with Crippen LogP contribution in [0.4, 0.5) is 18.9 Å². The van der Waals surface area contributed by atoms with E-state index in [-0.39, 0.29) is 0 Å². The van der Waals surface area contributed by atoms with Crippen molar-refractivity contribution in [1.29, 1.82) is 0 Å². The van der Waals surface area contributed by atoms with E-state index in [0.29, 0.717) is 12.3 Å². The first-order valence-corrected chi connectivity index (χ1v) is 6.46. The molecule has 24 heavy (non-hydrogen) atoms. The lowest BCUT2D eigenvalue weighted by atomic mass is 10.2. The Balaban J connectivity index is 2.25. The average molecular weight is 344 g/mol. The van der Waals surface area contributed by atoms with Crippen LogP contribution < -0.4 is 22.1 Å². The van der Waals surface area contributed by atoms with Crippen LogP contribution in [0, 0.1) is 0 Å². The van der Waals surface area contributed by atoms with Gasteiger partial charge in [-0.05, 0) is 6.07 Å². The van der Waals surface area contributed by atoms with E-state index in [1.165, 1.54) is 7.05 Å². The molecule has 11 heteroatoms. The van der Waals surface area contributed by atoms with Gasteiger partial charge in [0.2, 0.25) is 5.91 Å². The van der Waals surface area contributed by atoms with Crippen molar-refractivity contribution >= 4 is 11.6 Å². The third kappa shape index (κ3) is 3.62. The van der Waals surface area contributed by atoms with Gasteiger partial charge in [0.15, 0.2) is 0 Å². The number of hydrogen-bond donors (Lipinski definition) is 2. The molecule has 2 aromatic heterocycles. The molecule has 2 N–H and O–H groups in total. The Morgan fingerprint density at radius 2 is 1.96 bits per heavy atom. The van der Waals surface area contributed by atoms with Crippen LogP contribution in [-0.2, 0) is 24.6 Å². The number of aromatic nitrogens is 3. The SMILES string of the molecule is Cn1c(=O)ccn(CC(=O)Nc2cc(C(F)(F)F)c[nH]c2=O)c1=O. The van der Waals surface area contributed by atoms with Gasteiger partial charge in [0, 0.05) is 25.5 Å². The molecule has 0 atom stereocenters. The molecule has 0 bridgehead atoms. The number of nitrogens with zero attached hydrogens (tertiary/aromatic N) is 2. The van der Waals surface area contributed by atoms with Gasteiger partial charge < -0.3 is 10.3 Å².